The number of aryl methyl sites for hydroxylation is 2. The summed E-state index contributed by atoms with van der Waals surface area (Å²) < 4.78 is 7.88. The van der Waals surface area contributed by atoms with Gasteiger partial charge in [0.1, 0.15) is 5.69 Å². The van der Waals surface area contributed by atoms with Crippen molar-refractivity contribution in [2.75, 3.05) is 7.05 Å². The molecule has 0 bridgehead atoms. The lowest BCUT2D eigenvalue weighted by Crippen LogP contribution is -2.22. The first-order valence-electron chi connectivity index (χ1n) is 11.7. The van der Waals surface area contributed by atoms with E-state index in [0.717, 1.165) is 48.9 Å². The topological polar surface area (TPSA) is 98.7 Å². The van der Waals surface area contributed by atoms with Crippen molar-refractivity contribution >= 4 is 0 Å². The van der Waals surface area contributed by atoms with Crippen LogP contribution in [0.2, 0.25) is 0 Å². The van der Waals surface area contributed by atoms with Gasteiger partial charge in [0.05, 0.1) is 17.6 Å². The molecule has 4 aromatic rings. The zero-order chi connectivity index (χ0) is 23.7. The van der Waals surface area contributed by atoms with E-state index in [9.17, 15) is 4.79 Å². The predicted octanol–water partition coefficient (Wildman–Crippen LogP) is 4.72. The van der Waals surface area contributed by atoms with E-state index in [4.69, 9.17) is 9.40 Å². The number of aromatic nitrogens is 5. The van der Waals surface area contributed by atoms with Gasteiger partial charge in [0, 0.05) is 37.4 Å². The highest BCUT2D eigenvalue weighted by molar-refractivity contribution is 5.64. The van der Waals surface area contributed by atoms with E-state index in [1.807, 2.05) is 43.8 Å². The van der Waals surface area contributed by atoms with Crippen LogP contribution in [-0.2, 0) is 6.54 Å². The third-order valence-corrected chi connectivity index (χ3v) is 6.44. The first-order valence-corrected chi connectivity index (χ1v) is 11.7. The molecule has 0 aliphatic heterocycles. The van der Waals surface area contributed by atoms with Crippen LogP contribution in [0.25, 0.3) is 34.3 Å². The van der Waals surface area contributed by atoms with Crippen LogP contribution in [0.4, 0.5) is 0 Å². The Kier molecular flexibility index (Phi) is 6.06. The molecule has 0 radical (unpaired) electrons. The number of rotatable bonds is 6. The molecular formula is C26H30N6O2. The summed E-state index contributed by atoms with van der Waals surface area (Å²) in [5.74, 6) is 0.773. The average molecular weight is 459 g/mol. The van der Waals surface area contributed by atoms with Gasteiger partial charge < -0.3 is 14.3 Å². The molecule has 0 amide bonds. The summed E-state index contributed by atoms with van der Waals surface area (Å²) in [6.45, 7) is 4.70. The summed E-state index contributed by atoms with van der Waals surface area (Å²) in [6, 6.07) is 9.83. The lowest BCUT2D eigenvalue weighted by molar-refractivity contribution is 0.503. The molecule has 34 heavy (non-hydrogen) atoms. The van der Waals surface area contributed by atoms with Crippen molar-refractivity contribution in [1.82, 2.24) is 30.0 Å². The van der Waals surface area contributed by atoms with E-state index >= 15 is 0 Å². The molecule has 5 rings (SSSR count). The van der Waals surface area contributed by atoms with E-state index in [0.29, 0.717) is 28.9 Å². The molecule has 0 saturated heterocycles. The fourth-order valence-corrected chi connectivity index (χ4v) is 4.62. The largest absolute Gasteiger partial charge is 0.415 e. The quantitative estimate of drug-likeness (QED) is 0.446. The molecule has 1 aliphatic carbocycles. The third-order valence-electron chi connectivity index (χ3n) is 6.44. The van der Waals surface area contributed by atoms with Crippen LogP contribution in [-0.4, -0.2) is 31.8 Å². The third kappa shape index (κ3) is 4.28. The zero-order valence-corrected chi connectivity index (χ0v) is 19.7. The lowest BCUT2D eigenvalue weighted by Gasteiger charge is -2.14. The molecule has 3 heterocycles. The molecular weight excluding hydrogens is 428 g/mol. The van der Waals surface area contributed by atoms with Crippen molar-refractivity contribution < 1.29 is 5.84 Å². The number of hydrogen-bond acceptors (Lipinski definition) is 7. The molecule has 0 atom stereocenters. The minimum Gasteiger partial charge on any atom is -0.415 e. The van der Waals surface area contributed by atoms with Crippen molar-refractivity contribution in [3.8, 4) is 34.3 Å². The Bertz CT molecular complexity index is 1390. The maximum atomic E-state index is 12.4. The number of benzene rings is 1. The number of nitrogens with zero attached hydrogens (tertiary/aromatic N) is 5. The Morgan fingerprint density at radius 3 is 2.68 bits per heavy atom. The molecule has 0 unspecified atom stereocenters. The predicted molar refractivity (Wildman–Crippen MR) is 132 cm³/mol. The minimum absolute atomic E-state index is 0. The Hall–Kier alpha value is -3.65. The molecule has 8 nitrogen and oxygen atoms in total. The molecule has 0 spiro atoms. The SMILES string of the molecule is CNCc1ccc(-c2nnc(-c3nc(-c4ccc(=O)n(C5CCCC5)c4)cnc3C)o2)c(C)c1.[HH]. The maximum absolute atomic E-state index is 12.4. The Labute approximate surface area is 199 Å². The van der Waals surface area contributed by atoms with Crippen molar-refractivity contribution in [3.63, 3.8) is 0 Å². The minimum atomic E-state index is 0. The summed E-state index contributed by atoms with van der Waals surface area (Å²) in [4.78, 5) is 21.8. The van der Waals surface area contributed by atoms with Crippen LogP contribution in [0.3, 0.4) is 0 Å². The van der Waals surface area contributed by atoms with Crippen LogP contribution in [0, 0.1) is 13.8 Å². The fraction of sp³-hybridized carbons (Fsp3) is 0.346. The van der Waals surface area contributed by atoms with Gasteiger partial charge in [-0.1, -0.05) is 25.0 Å². The summed E-state index contributed by atoms with van der Waals surface area (Å²) in [5.41, 5.74) is 5.92. The number of hydrogen-bond donors (Lipinski definition) is 1. The first-order chi connectivity index (χ1) is 16.5. The van der Waals surface area contributed by atoms with Gasteiger partial charge in [-0.2, -0.15) is 0 Å². The van der Waals surface area contributed by atoms with Gasteiger partial charge in [-0.05, 0) is 57.0 Å². The standard InChI is InChI=1S/C26H28N6O2.H2/c1-16-12-18(13-27-3)8-10-21(16)25-30-31-26(34-25)24-17(2)28-14-22(29-24)19-9-11-23(33)32(15-19)20-6-4-5-7-20;/h8-12,14-15,20,27H,4-7,13H2,1-3H3;1H. The van der Waals surface area contributed by atoms with E-state index in [1.165, 1.54) is 5.56 Å². The zero-order valence-electron chi connectivity index (χ0n) is 19.7. The monoisotopic (exact) mass is 458 g/mol. The molecule has 3 aromatic heterocycles. The first kappa shape index (κ1) is 22.2. The van der Waals surface area contributed by atoms with E-state index in [2.05, 4.69) is 26.6 Å². The second-order valence-corrected chi connectivity index (χ2v) is 8.88. The normalized spacial score (nSPS) is 14.1. The van der Waals surface area contributed by atoms with Gasteiger partial charge in [0.15, 0.2) is 0 Å². The molecule has 176 valence electrons. The van der Waals surface area contributed by atoms with Crippen LogP contribution in [0.5, 0.6) is 0 Å². The van der Waals surface area contributed by atoms with Gasteiger partial charge in [0.25, 0.3) is 11.4 Å². The number of nitrogens with one attached hydrogen (secondary N) is 1. The average Bonchev–Trinajstić information content (AvgIpc) is 3.53. The van der Waals surface area contributed by atoms with E-state index < -0.39 is 0 Å². The van der Waals surface area contributed by atoms with Gasteiger partial charge >= 0.3 is 0 Å². The lowest BCUT2D eigenvalue weighted by atomic mass is 10.1. The van der Waals surface area contributed by atoms with Gasteiger partial charge in [-0.15, -0.1) is 10.2 Å². The van der Waals surface area contributed by atoms with Gasteiger partial charge in [-0.3, -0.25) is 9.78 Å². The second kappa shape index (κ2) is 9.30. The highest BCUT2D eigenvalue weighted by atomic mass is 16.4. The summed E-state index contributed by atoms with van der Waals surface area (Å²) in [6.07, 6.45) is 8.01. The van der Waals surface area contributed by atoms with E-state index in [1.54, 1.807) is 18.3 Å². The van der Waals surface area contributed by atoms with Crippen LogP contribution >= 0.6 is 0 Å². The molecule has 8 heteroatoms. The van der Waals surface area contributed by atoms with Crippen molar-refractivity contribution in [2.24, 2.45) is 0 Å². The molecule has 1 aromatic carbocycles. The molecule has 1 aliphatic rings. The Morgan fingerprint density at radius 2 is 1.91 bits per heavy atom. The van der Waals surface area contributed by atoms with Crippen molar-refractivity contribution in [3.05, 3.63) is 69.9 Å². The maximum Gasteiger partial charge on any atom is 0.268 e. The van der Waals surface area contributed by atoms with Crippen molar-refractivity contribution in [1.29, 1.82) is 0 Å². The Morgan fingerprint density at radius 1 is 1.12 bits per heavy atom. The molecule has 1 fully saturated rings. The summed E-state index contributed by atoms with van der Waals surface area (Å²) in [5, 5.41) is 11.7. The number of pyridine rings is 1. The summed E-state index contributed by atoms with van der Waals surface area (Å²) >= 11 is 0. The van der Waals surface area contributed by atoms with E-state index in [-0.39, 0.29) is 13.0 Å². The van der Waals surface area contributed by atoms with Gasteiger partial charge in [-0.25, -0.2) is 4.98 Å². The Balaban J connectivity index is 0.00000289. The van der Waals surface area contributed by atoms with Crippen LogP contribution in [0.1, 0.15) is 50.0 Å². The fourth-order valence-electron chi connectivity index (χ4n) is 4.62. The highest BCUT2D eigenvalue weighted by Crippen LogP contribution is 2.31. The summed E-state index contributed by atoms with van der Waals surface area (Å²) in [7, 11) is 1.92. The van der Waals surface area contributed by atoms with Gasteiger partial charge in [0.2, 0.25) is 5.89 Å². The molecule has 1 saturated carbocycles. The molecule has 1 N–H and O–H groups in total. The van der Waals surface area contributed by atoms with Crippen LogP contribution < -0.4 is 10.9 Å². The second-order valence-electron chi connectivity index (χ2n) is 8.88. The van der Waals surface area contributed by atoms with Crippen molar-refractivity contribution in [2.45, 2.75) is 52.1 Å². The highest BCUT2D eigenvalue weighted by Gasteiger charge is 2.20. The van der Waals surface area contributed by atoms with Crippen LogP contribution in [0.15, 0.2) is 51.9 Å². The smallest absolute Gasteiger partial charge is 0.268 e.